The number of hydrogen-bond donors (Lipinski definition) is 4. The molecule has 3 rings (SSSR count). The van der Waals surface area contributed by atoms with Gasteiger partial charge in [-0.3, -0.25) is 14.0 Å². The highest BCUT2D eigenvalue weighted by Gasteiger charge is 2.45. The van der Waals surface area contributed by atoms with E-state index < -0.39 is 43.2 Å². The van der Waals surface area contributed by atoms with Crippen LogP contribution in [0.2, 0.25) is 0 Å². The van der Waals surface area contributed by atoms with E-state index in [0.717, 1.165) is 0 Å². The van der Waals surface area contributed by atoms with Crippen LogP contribution < -0.4 is 10.9 Å². The Labute approximate surface area is 154 Å². The third-order valence-electron chi connectivity index (χ3n) is 4.27. The lowest BCUT2D eigenvalue weighted by Gasteiger charge is -2.42. The van der Waals surface area contributed by atoms with Crippen LogP contribution in [0.15, 0.2) is 35.3 Å². The van der Waals surface area contributed by atoms with Crippen LogP contribution >= 0.6 is 0 Å². The summed E-state index contributed by atoms with van der Waals surface area (Å²) in [7, 11) is 0. The maximum atomic E-state index is 12.1. The van der Waals surface area contributed by atoms with Crippen molar-refractivity contribution in [2.75, 3.05) is 6.61 Å². The number of rotatable bonds is 5. The van der Waals surface area contributed by atoms with E-state index in [1.54, 1.807) is 24.4 Å². The normalized spacial score (nSPS) is 28.2. The Kier molecular flexibility index (Phi) is 5.82. The van der Waals surface area contributed by atoms with Gasteiger partial charge >= 0.3 is 0 Å². The van der Waals surface area contributed by atoms with Crippen LogP contribution in [0.1, 0.15) is 12.6 Å². The monoisotopic (exact) mass is 379 g/mol. The first-order valence-electron chi connectivity index (χ1n) is 8.39. The Morgan fingerprint density at radius 2 is 2.15 bits per heavy atom. The standard InChI is InChI=1S/C17H21N3O7/c1-9(22)18-14-16(25)15(24)11(7-21)27-17(14)26-8-10-6-13(23)20-5-3-2-4-12(20)19-10/h2-6,11,14-17,21,24-25H,7-8H2,1H3,(H,18,22)/t11-,14-,15-,16-,17-/m1/s1. The van der Waals surface area contributed by atoms with Crippen LogP contribution in [0.25, 0.3) is 5.65 Å². The van der Waals surface area contributed by atoms with Crippen molar-refractivity contribution in [2.45, 2.75) is 44.2 Å². The highest BCUT2D eigenvalue weighted by Crippen LogP contribution is 2.23. The minimum absolute atomic E-state index is 0.137. The molecular weight excluding hydrogens is 358 g/mol. The molecular formula is C17H21N3O7. The second kappa shape index (κ2) is 8.11. The van der Waals surface area contributed by atoms with Crippen LogP contribution in [-0.2, 0) is 20.9 Å². The molecule has 1 saturated heterocycles. The Hall–Kier alpha value is -2.37. The molecule has 0 aliphatic carbocycles. The molecule has 0 radical (unpaired) electrons. The lowest BCUT2D eigenvalue weighted by Crippen LogP contribution is -2.64. The van der Waals surface area contributed by atoms with Gasteiger partial charge in [-0.25, -0.2) is 4.98 Å². The third kappa shape index (κ3) is 4.15. The second-order valence-corrected chi connectivity index (χ2v) is 6.26. The summed E-state index contributed by atoms with van der Waals surface area (Å²) in [5.74, 6) is -0.451. The number of carbonyl (C=O) groups is 1. The van der Waals surface area contributed by atoms with E-state index in [9.17, 15) is 24.9 Å². The van der Waals surface area contributed by atoms with E-state index in [-0.39, 0.29) is 12.2 Å². The van der Waals surface area contributed by atoms with Crippen LogP contribution in [0.3, 0.4) is 0 Å². The summed E-state index contributed by atoms with van der Waals surface area (Å²) in [6, 6.07) is 5.37. The van der Waals surface area contributed by atoms with Crippen molar-refractivity contribution in [2.24, 2.45) is 0 Å². The summed E-state index contributed by atoms with van der Waals surface area (Å²) in [5, 5.41) is 32.0. The van der Waals surface area contributed by atoms with Gasteiger partial charge in [-0.1, -0.05) is 6.07 Å². The summed E-state index contributed by atoms with van der Waals surface area (Å²) < 4.78 is 12.4. The SMILES string of the molecule is CC(=O)N[C@H]1[C@H](OCc2cc(=O)n3ccccc3n2)O[C@H](CO)[C@@H](O)[C@@H]1O. The maximum Gasteiger partial charge on any atom is 0.258 e. The topological polar surface area (TPSA) is 143 Å². The van der Waals surface area contributed by atoms with Crippen molar-refractivity contribution in [1.29, 1.82) is 0 Å². The number of carbonyl (C=O) groups excluding carboxylic acids is 1. The predicted molar refractivity (Wildman–Crippen MR) is 91.6 cm³/mol. The van der Waals surface area contributed by atoms with Crippen molar-refractivity contribution in [3.63, 3.8) is 0 Å². The fourth-order valence-electron chi connectivity index (χ4n) is 2.96. The van der Waals surface area contributed by atoms with E-state index in [0.29, 0.717) is 11.3 Å². The van der Waals surface area contributed by atoms with Gasteiger partial charge in [0.1, 0.15) is 30.0 Å². The largest absolute Gasteiger partial charge is 0.394 e. The zero-order valence-electron chi connectivity index (χ0n) is 14.6. The van der Waals surface area contributed by atoms with Crippen LogP contribution in [0, 0.1) is 0 Å². The molecule has 2 aromatic heterocycles. The number of ether oxygens (including phenoxy) is 2. The first-order chi connectivity index (χ1) is 12.9. The van der Waals surface area contributed by atoms with Crippen LogP contribution in [0.5, 0.6) is 0 Å². The molecule has 0 spiro atoms. The molecule has 146 valence electrons. The molecule has 4 N–H and O–H groups in total. The Balaban J connectivity index is 1.79. The quantitative estimate of drug-likeness (QED) is 0.474. The molecule has 1 aliphatic rings. The summed E-state index contributed by atoms with van der Waals surface area (Å²) in [6.07, 6.45) is -3.43. The number of fused-ring (bicyclic) bond motifs is 1. The molecule has 1 fully saturated rings. The summed E-state index contributed by atoms with van der Waals surface area (Å²) in [6.45, 7) is 0.572. The maximum absolute atomic E-state index is 12.1. The van der Waals surface area contributed by atoms with Gasteiger partial charge in [0.15, 0.2) is 6.29 Å². The molecule has 27 heavy (non-hydrogen) atoms. The van der Waals surface area contributed by atoms with Gasteiger partial charge in [0, 0.05) is 19.2 Å². The van der Waals surface area contributed by atoms with E-state index in [4.69, 9.17) is 9.47 Å². The molecule has 10 nitrogen and oxygen atoms in total. The molecule has 5 atom stereocenters. The smallest absolute Gasteiger partial charge is 0.258 e. The highest BCUT2D eigenvalue weighted by atomic mass is 16.7. The first-order valence-corrected chi connectivity index (χ1v) is 8.39. The fraction of sp³-hybridized carbons (Fsp3) is 0.471. The minimum Gasteiger partial charge on any atom is -0.394 e. The molecule has 2 aromatic rings. The van der Waals surface area contributed by atoms with E-state index in [2.05, 4.69) is 10.3 Å². The number of aliphatic hydroxyl groups excluding tert-OH is 3. The van der Waals surface area contributed by atoms with Gasteiger partial charge < -0.3 is 30.1 Å². The third-order valence-corrected chi connectivity index (χ3v) is 4.27. The van der Waals surface area contributed by atoms with Gasteiger partial charge in [-0.05, 0) is 12.1 Å². The van der Waals surface area contributed by atoms with Crippen molar-refractivity contribution >= 4 is 11.6 Å². The Morgan fingerprint density at radius 1 is 1.37 bits per heavy atom. The number of hydrogen-bond acceptors (Lipinski definition) is 8. The van der Waals surface area contributed by atoms with E-state index in [1.807, 2.05) is 0 Å². The zero-order chi connectivity index (χ0) is 19.6. The zero-order valence-corrected chi connectivity index (χ0v) is 14.6. The summed E-state index contributed by atoms with van der Waals surface area (Å²) in [4.78, 5) is 27.8. The van der Waals surface area contributed by atoms with Gasteiger partial charge in [0.25, 0.3) is 5.56 Å². The van der Waals surface area contributed by atoms with Crippen molar-refractivity contribution in [3.8, 4) is 0 Å². The molecule has 0 saturated carbocycles. The average Bonchev–Trinajstić information content (AvgIpc) is 2.64. The van der Waals surface area contributed by atoms with Crippen molar-refractivity contribution in [3.05, 3.63) is 46.5 Å². The molecule has 3 heterocycles. The molecule has 1 aliphatic heterocycles. The van der Waals surface area contributed by atoms with Gasteiger partial charge in [0.05, 0.1) is 18.9 Å². The van der Waals surface area contributed by atoms with Crippen molar-refractivity contribution < 1.29 is 29.6 Å². The number of nitrogens with one attached hydrogen (secondary N) is 1. The Morgan fingerprint density at radius 3 is 2.85 bits per heavy atom. The van der Waals surface area contributed by atoms with E-state index >= 15 is 0 Å². The summed E-state index contributed by atoms with van der Waals surface area (Å²) >= 11 is 0. The predicted octanol–water partition coefficient (Wildman–Crippen LogP) is -1.85. The summed E-state index contributed by atoms with van der Waals surface area (Å²) in [5.41, 5.74) is 0.485. The number of amides is 1. The minimum atomic E-state index is -1.40. The number of pyridine rings is 1. The molecule has 1 amide bonds. The number of aromatic nitrogens is 2. The average molecular weight is 379 g/mol. The lowest BCUT2D eigenvalue weighted by molar-refractivity contribution is -0.273. The molecule has 0 unspecified atom stereocenters. The van der Waals surface area contributed by atoms with Crippen LogP contribution in [0.4, 0.5) is 0 Å². The molecule has 0 aromatic carbocycles. The Bertz CT molecular complexity index is 871. The molecule has 0 bridgehead atoms. The number of nitrogens with zero attached hydrogens (tertiary/aromatic N) is 2. The van der Waals surface area contributed by atoms with Crippen molar-refractivity contribution in [1.82, 2.24) is 14.7 Å². The van der Waals surface area contributed by atoms with Gasteiger partial charge in [-0.15, -0.1) is 0 Å². The lowest BCUT2D eigenvalue weighted by atomic mass is 9.97. The van der Waals surface area contributed by atoms with Gasteiger partial charge in [-0.2, -0.15) is 0 Å². The molecule has 10 heteroatoms. The fourth-order valence-corrected chi connectivity index (χ4v) is 2.96. The van der Waals surface area contributed by atoms with Crippen LogP contribution in [-0.4, -0.2) is 67.9 Å². The van der Waals surface area contributed by atoms with E-state index in [1.165, 1.54) is 17.4 Å². The highest BCUT2D eigenvalue weighted by molar-refractivity contribution is 5.73. The van der Waals surface area contributed by atoms with Gasteiger partial charge in [0.2, 0.25) is 5.91 Å². The second-order valence-electron chi connectivity index (χ2n) is 6.26. The number of aliphatic hydroxyl groups is 3. The first kappa shape index (κ1) is 19.4.